The summed E-state index contributed by atoms with van der Waals surface area (Å²) in [4.78, 5) is 11.6. The van der Waals surface area contributed by atoms with E-state index in [1.807, 2.05) is 0 Å². The summed E-state index contributed by atoms with van der Waals surface area (Å²) in [6, 6.07) is 9.36. The highest BCUT2D eigenvalue weighted by Crippen LogP contribution is 2.25. The number of carbonyl (C=O) groups is 1. The number of nitrogens with one attached hydrogen (secondary N) is 1. The Morgan fingerprint density at radius 3 is 2.83 bits per heavy atom. The number of ether oxygens (including phenoxy) is 1. The molecule has 0 aliphatic rings. The number of amides is 1. The average molecular weight is 335 g/mol. The van der Waals surface area contributed by atoms with Crippen molar-refractivity contribution in [3.05, 3.63) is 52.5 Å². The Kier molecular flexibility index (Phi) is 5.43. The van der Waals surface area contributed by atoms with Crippen LogP contribution in [0.15, 0.2) is 41.5 Å². The van der Waals surface area contributed by atoms with Crippen molar-refractivity contribution in [3.63, 3.8) is 0 Å². The fourth-order valence-electron chi connectivity index (χ4n) is 1.84. The largest absolute Gasteiger partial charge is 0.508 e. The van der Waals surface area contributed by atoms with Crippen molar-refractivity contribution < 1.29 is 19.7 Å². The zero-order valence-electron chi connectivity index (χ0n) is 12.3. The molecular formula is C16H15ClN2O4. The van der Waals surface area contributed by atoms with E-state index in [4.69, 9.17) is 16.3 Å². The molecule has 0 aliphatic heterocycles. The minimum Gasteiger partial charge on any atom is -0.508 e. The molecule has 2 rings (SSSR count). The van der Waals surface area contributed by atoms with Crippen LogP contribution in [0.3, 0.4) is 0 Å². The third kappa shape index (κ3) is 4.89. The van der Waals surface area contributed by atoms with Crippen LogP contribution in [0.2, 0.25) is 5.02 Å². The third-order valence-corrected chi connectivity index (χ3v) is 3.13. The van der Waals surface area contributed by atoms with E-state index in [1.54, 1.807) is 31.2 Å². The van der Waals surface area contributed by atoms with Crippen molar-refractivity contribution in [1.82, 2.24) is 5.43 Å². The highest BCUT2D eigenvalue weighted by Gasteiger charge is 2.06. The lowest BCUT2D eigenvalue weighted by molar-refractivity contribution is -0.123. The summed E-state index contributed by atoms with van der Waals surface area (Å²) >= 11 is 5.81. The van der Waals surface area contributed by atoms with Gasteiger partial charge in [-0.05, 0) is 36.8 Å². The molecule has 23 heavy (non-hydrogen) atoms. The summed E-state index contributed by atoms with van der Waals surface area (Å²) in [5, 5.41) is 23.3. The van der Waals surface area contributed by atoms with Crippen LogP contribution in [-0.2, 0) is 4.79 Å². The molecule has 0 bridgehead atoms. The molecule has 7 heteroatoms. The molecule has 0 atom stereocenters. The number of nitrogens with zero attached hydrogens (tertiary/aromatic N) is 1. The molecule has 0 radical (unpaired) electrons. The molecule has 120 valence electrons. The number of aromatic hydroxyl groups is 2. The number of hydrogen-bond donors (Lipinski definition) is 3. The van der Waals surface area contributed by atoms with Gasteiger partial charge >= 0.3 is 0 Å². The standard InChI is InChI=1S/C16H15ClN2O4/c1-10-5-12(20)7-15(21)14(10)8-18-19-16(22)9-23-13-4-2-3-11(17)6-13/h2-8,20-21H,9H2,1H3,(H,19,22). The van der Waals surface area contributed by atoms with Crippen LogP contribution in [0.4, 0.5) is 0 Å². The van der Waals surface area contributed by atoms with Crippen LogP contribution in [0.25, 0.3) is 0 Å². The van der Waals surface area contributed by atoms with Gasteiger partial charge in [0.25, 0.3) is 5.91 Å². The Morgan fingerprint density at radius 1 is 1.35 bits per heavy atom. The van der Waals surface area contributed by atoms with Gasteiger partial charge in [0.1, 0.15) is 17.2 Å². The molecule has 0 heterocycles. The van der Waals surface area contributed by atoms with Gasteiger partial charge < -0.3 is 14.9 Å². The predicted octanol–water partition coefficient (Wildman–Crippen LogP) is 2.59. The zero-order chi connectivity index (χ0) is 16.8. The second-order valence-corrected chi connectivity index (χ2v) is 5.17. The molecular weight excluding hydrogens is 320 g/mol. The lowest BCUT2D eigenvalue weighted by Crippen LogP contribution is -2.24. The van der Waals surface area contributed by atoms with Crippen LogP contribution in [-0.4, -0.2) is 28.9 Å². The molecule has 0 aromatic heterocycles. The molecule has 0 unspecified atom stereocenters. The first-order chi connectivity index (χ1) is 11.0. The number of phenolic OH excluding ortho intramolecular Hbond substituents is 2. The van der Waals surface area contributed by atoms with Crippen molar-refractivity contribution in [1.29, 1.82) is 0 Å². The fraction of sp³-hybridized carbons (Fsp3) is 0.125. The first-order valence-corrected chi connectivity index (χ1v) is 7.06. The van der Waals surface area contributed by atoms with E-state index in [1.165, 1.54) is 18.3 Å². The van der Waals surface area contributed by atoms with Crippen LogP contribution in [0.5, 0.6) is 17.2 Å². The zero-order valence-corrected chi connectivity index (χ0v) is 13.0. The Labute approximate surface area is 138 Å². The molecule has 2 aromatic carbocycles. The summed E-state index contributed by atoms with van der Waals surface area (Å²) in [5.74, 6) is -0.160. The molecule has 1 amide bonds. The van der Waals surface area contributed by atoms with Crippen molar-refractivity contribution in [2.24, 2.45) is 5.10 Å². The highest BCUT2D eigenvalue weighted by molar-refractivity contribution is 6.30. The van der Waals surface area contributed by atoms with Gasteiger partial charge in [-0.15, -0.1) is 0 Å². The average Bonchev–Trinajstić information content (AvgIpc) is 2.48. The van der Waals surface area contributed by atoms with Crippen molar-refractivity contribution >= 4 is 23.7 Å². The van der Waals surface area contributed by atoms with Gasteiger partial charge in [0.2, 0.25) is 0 Å². The van der Waals surface area contributed by atoms with Crippen LogP contribution in [0.1, 0.15) is 11.1 Å². The minimum atomic E-state index is -0.461. The quantitative estimate of drug-likeness (QED) is 0.579. The normalized spacial score (nSPS) is 10.7. The summed E-state index contributed by atoms with van der Waals surface area (Å²) in [6.45, 7) is 1.48. The number of rotatable bonds is 5. The Hall–Kier alpha value is -2.73. The monoisotopic (exact) mass is 334 g/mol. The number of hydrogen-bond acceptors (Lipinski definition) is 5. The highest BCUT2D eigenvalue weighted by atomic mass is 35.5. The lowest BCUT2D eigenvalue weighted by Gasteiger charge is -2.06. The van der Waals surface area contributed by atoms with Gasteiger partial charge in [-0.1, -0.05) is 17.7 Å². The van der Waals surface area contributed by atoms with E-state index >= 15 is 0 Å². The van der Waals surface area contributed by atoms with Crippen LogP contribution >= 0.6 is 11.6 Å². The Balaban J connectivity index is 1.89. The summed E-state index contributed by atoms with van der Waals surface area (Å²) in [5.41, 5.74) is 3.31. The van der Waals surface area contributed by atoms with Crippen molar-refractivity contribution in [3.8, 4) is 17.2 Å². The van der Waals surface area contributed by atoms with Crippen LogP contribution < -0.4 is 10.2 Å². The fourth-order valence-corrected chi connectivity index (χ4v) is 2.02. The smallest absolute Gasteiger partial charge is 0.277 e. The Bertz CT molecular complexity index is 724. The SMILES string of the molecule is Cc1cc(O)cc(O)c1C=NNC(=O)COc1cccc(Cl)c1. The van der Waals surface area contributed by atoms with Gasteiger partial charge in [-0.2, -0.15) is 5.10 Å². The molecule has 6 nitrogen and oxygen atoms in total. The molecule has 3 N–H and O–H groups in total. The summed E-state index contributed by atoms with van der Waals surface area (Å²) < 4.78 is 5.26. The number of benzene rings is 2. The third-order valence-electron chi connectivity index (χ3n) is 2.90. The maximum Gasteiger partial charge on any atom is 0.277 e. The van der Waals surface area contributed by atoms with Crippen LogP contribution in [0, 0.1) is 6.92 Å². The number of halogens is 1. The number of carbonyl (C=O) groups excluding carboxylic acids is 1. The second-order valence-electron chi connectivity index (χ2n) is 4.73. The van der Waals surface area contributed by atoms with Crippen molar-refractivity contribution in [2.75, 3.05) is 6.61 Å². The van der Waals surface area contributed by atoms with E-state index in [9.17, 15) is 15.0 Å². The molecule has 2 aromatic rings. The second kappa shape index (κ2) is 7.51. The first-order valence-electron chi connectivity index (χ1n) is 6.68. The van der Waals surface area contributed by atoms with Gasteiger partial charge in [-0.25, -0.2) is 5.43 Å². The molecule has 0 aliphatic carbocycles. The minimum absolute atomic E-state index is 0.0453. The lowest BCUT2D eigenvalue weighted by atomic mass is 10.1. The van der Waals surface area contributed by atoms with Gasteiger partial charge in [0, 0.05) is 16.7 Å². The van der Waals surface area contributed by atoms with E-state index in [0.717, 1.165) is 0 Å². The maximum absolute atomic E-state index is 11.6. The van der Waals surface area contributed by atoms with Gasteiger partial charge in [-0.3, -0.25) is 4.79 Å². The topological polar surface area (TPSA) is 91.1 Å². The molecule has 0 saturated carbocycles. The Morgan fingerprint density at radius 2 is 2.13 bits per heavy atom. The molecule has 0 spiro atoms. The summed E-state index contributed by atoms with van der Waals surface area (Å²) in [7, 11) is 0. The number of aryl methyl sites for hydroxylation is 1. The van der Waals surface area contributed by atoms with E-state index in [2.05, 4.69) is 10.5 Å². The van der Waals surface area contributed by atoms with Crippen molar-refractivity contribution in [2.45, 2.75) is 6.92 Å². The number of hydrazone groups is 1. The van der Waals surface area contributed by atoms with Gasteiger partial charge in [0.15, 0.2) is 6.61 Å². The maximum atomic E-state index is 11.6. The van der Waals surface area contributed by atoms with E-state index < -0.39 is 5.91 Å². The molecule has 0 fully saturated rings. The van der Waals surface area contributed by atoms with E-state index in [-0.39, 0.29) is 18.1 Å². The predicted molar refractivity (Wildman–Crippen MR) is 87.2 cm³/mol. The number of phenols is 2. The van der Waals surface area contributed by atoms with Gasteiger partial charge in [0.05, 0.1) is 6.21 Å². The molecule has 0 saturated heterocycles. The first kappa shape index (κ1) is 16.6. The summed E-state index contributed by atoms with van der Waals surface area (Å²) in [6.07, 6.45) is 1.29. The van der Waals surface area contributed by atoms with E-state index in [0.29, 0.717) is 21.9 Å².